The predicted octanol–water partition coefficient (Wildman–Crippen LogP) is 2.85. The second-order valence-electron chi connectivity index (χ2n) is 2.26. The molecule has 0 aromatic carbocycles. The van der Waals surface area contributed by atoms with Gasteiger partial charge in [0, 0.05) is 36.0 Å². The van der Waals surface area contributed by atoms with Crippen molar-refractivity contribution < 1.29 is 0 Å². The van der Waals surface area contributed by atoms with Crippen molar-refractivity contribution in [1.82, 2.24) is 3.11 Å². The number of hydrogen-bond donors (Lipinski definition) is 0. The van der Waals surface area contributed by atoms with Gasteiger partial charge >= 0.3 is 0 Å². The van der Waals surface area contributed by atoms with Gasteiger partial charge in [-0.05, 0) is 12.8 Å². The van der Waals surface area contributed by atoms with Crippen LogP contribution in [0.2, 0.25) is 0 Å². The fraction of sp³-hybridized carbons (Fsp3) is 1.00. The van der Waals surface area contributed by atoms with Crippen LogP contribution in [0.4, 0.5) is 0 Å². The molecule has 0 saturated heterocycles. The molecule has 2 heteroatoms. The molecular formula is C7H16IN. The summed E-state index contributed by atoms with van der Waals surface area (Å²) in [7, 11) is 0. The molecule has 0 bridgehead atoms. The topological polar surface area (TPSA) is 3.24 Å². The molecule has 0 radical (unpaired) electrons. The van der Waals surface area contributed by atoms with Crippen LogP contribution in [0, 0.1) is 0 Å². The molecule has 0 aliphatic rings. The van der Waals surface area contributed by atoms with E-state index in [-0.39, 0.29) is 0 Å². The van der Waals surface area contributed by atoms with Crippen LogP contribution in [0.25, 0.3) is 0 Å². The second kappa shape index (κ2) is 6.81. The van der Waals surface area contributed by atoms with E-state index in [1.807, 2.05) is 0 Å². The Balaban J connectivity index is 2.95. The van der Waals surface area contributed by atoms with Gasteiger partial charge in [0.2, 0.25) is 0 Å². The second-order valence-corrected chi connectivity index (χ2v) is 3.63. The number of nitrogens with zero attached hydrogens (tertiary/aromatic N) is 1. The molecule has 0 aliphatic heterocycles. The van der Waals surface area contributed by atoms with E-state index in [4.69, 9.17) is 0 Å². The molecule has 0 heterocycles. The lowest BCUT2D eigenvalue weighted by Gasteiger charge is -2.10. The molecule has 0 unspecified atom stereocenters. The first-order valence-electron chi connectivity index (χ1n) is 3.72. The van der Waals surface area contributed by atoms with Crippen molar-refractivity contribution in [2.45, 2.75) is 33.1 Å². The highest BCUT2D eigenvalue weighted by Crippen LogP contribution is 2.02. The van der Waals surface area contributed by atoms with Gasteiger partial charge in [0.05, 0.1) is 0 Å². The summed E-state index contributed by atoms with van der Waals surface area (Å²) in [4.78, 5) is 0. The van der Waals surface area contributed by atoms with Gasteiger partial charge in [-0.25, -0.2) is 3.11 Å². The van der Waals surface area contributed by atoms with Gasteiger partial charge in [-0.3, -0.25) is 0 Å². The number of rotatable bonds is 5. The molecule has 0 aromatic heterocycles. The van der Waals surface area contributed by atoms with E-state index >= 15 is 0 Å². The Morgan fingerprint density at radius 3 is 2.22 bits per heavy atom. The average molecular weight is 241 g/mol. The first-order chi connectivity index (χ1) is 4.31. The van der Waals surface area contributed by atoms with Gasteiger partial charge in [0.15, 0.2) is 0 Å². The van der Waals surface area contributed by atoms with Crippen molar-refractivity contribution in [2.24, 2.45) is 0 Å². The van der Waals surface area contributed by atoms with E-state index in [0.29, 0.717) is 0 Å². The molecule has 9 heavy (non-hydrogen) atoms. The lowest BCUT2D eigenvalue weighted by Crippen LogP contribution is -2.12. The van der Waals surface area contributed by atoms with Crippen molar-refractivity contribution in [2.75, 3.05) is 13.1 Å². The summed E-state index contributed by atoms with van der Waals surface area (Å²) in [6, 6.07) is 0. The first-order valence-corrected chi connectivity index (χ1v) is 4.68. The minimum absolute atomic E-state index is 1.24. The molecule has 0 fully saturated rings. The summed E-state index contributed by atoms with van der Waals surface area (Å²) in [5.74, 6) is 0. The lowest BCUT2D eigenvalue weighted by molar-refractivity contribution is 0.489. The van der Waals surface area contributed by atoms with Crippen molar-refractivity contribution in [3.05, 3.63) is 0 Å². The fourth-order valence-electron chi connectivity index (χ4n) is 0.684. The monoisotopic (exact) mass is 241 g/mol. The van der Waals surface area contributed by atoms with Gasteiger partial charge in [0.25, 0.3) is 0 Å². The van der Waals surface area contributed by atoms with Crippen molar-refractivity contribution >= 4 is 22.9 Å². The minimum atomic E-state index is 1.24. The van der Waals surface area contributed by atoms with Crippen LogP contribution in [0.1, 0.15) is 33.1 Å². The third-order valence-corrected chi connectivity index (χ3v) is 2.19. The average Bonchev–Trinajstić information content (AvgIpc) is 1.85. The molecule has 0 N–H and O–H groups in total. The molecular weight excluding hydrogens is 225 g/mol. The van der Waals surface area contributed by atoms with Crippen LogP contribution in [-0.4, -0.2) is 16.2 Å². The molecule has 0 spiro atoms. The predicted molar refractivity (Wildman–Crippen MR) is 50.8 cm³/mol. The fourth-order valence-corrected chi connectivity index (χ4v) is 1.51. The maximum absolute atomic E-state index is 2.40. The third kappa shape index (κ3) is 6.58. The standard InChI is InChI=1S/C7H16IN/c1-3-5-7-9(8)6-4-2/h3-7H2,1-2H3. The van der Waals surface area contributed by atoms with E-state index in [2.05, 4.69) is 39.8 Å². The molecule has 0 amide bonds. The quantitative estimate of drug-likeness (QED) is 0.528. The highest BCUT2D eigenvalue weighted by atomic mass is 127. The largest absolute Gasteiger partial charge is 0.248 e. The highest BCUT2D eigenvalue weighted by Gasteiger charge is 1.94. The van der Waals surface area contributed by atoms with Crippen molar-refractivity contribution in [1.29, 1.82) is 0 Å². The Bertz CT molecular complexity index is 56.9. The Kier molecular flexibility index (Phi) is 7.33. The van der Waals surface area contributed by atoms with E-state index in [1.54, 1.807) is 0 Å². The molecule has 56 valence electrons. The summed E-state index contributed by atoms with van der Waals surface area (Å²) in [5, 5.41) is 0. The van der Waals surface area contributed by atoms with E-state index in [1.165, 1.54) is 32.4 Å². The molecule has 0 rings (SSSR count). The summed E-state index contributed by atoms with van der Waals surface area (Å²) >= 11 is 2.40. The normalized spacial score (nSPS) is 10.7. The summed E-state index contributed by atoms with van der Waals surface area (Å²) < 4.78 is 2.36. The van der Waals surface area contributed by atoms with Crippen molar-refractivity contribution in [3.63, 3.8) is 0 Å². The van der Waals surface area contributed by atoms with E-state index in [0.717, 1.165) is 0 Å². The summed E-state index contributed by atoms with van der Waals surface area (Å²) in [5.41, 5.74) is 0. The number of halogens is 1. The van der Waals surface area contributed by atoms with Gasteiger partial charge < -0.3 is 0 Å². The van der Waals surface area contributed by atoms with Crippen LogP contribution in [-0.2, 0) is 0 Å². The van der Waals surface area contributed by atoms with Crippen LogP contribution >= 0.6 is 22.9 Å². The van der Waals surface area contributed by atoms with Crippen molar-refractivity contribution in [3.8, 4) is 0 Å². The van der Waals surface area contributed by atoms with E-state index < -0.39 is 0 Å². The van der Waals surface area contributed by atoms with Gasteiger partial charge in [-0.2, -0.15) is 0 Å². The molecule has 0 aromatic rings. The number of hydrogen-bond acceptors (Lipinski definition) is 1. The zero-order chi connectivity index (χ0) is 7.11. The summed E-state index contributed by atoms with van der Waals surface area (Å²) in [6.07, 6.45) is 3.92. The van der Waals surface area contributed by atoms with Crippen LogP contribution in [0.5, 0.6) is 0 Å². The van der Waals surface area contributed by atoms with Crippen LogP contribution in [0.15, 0.2) is 0 Å². The Morgan fingerprint density at radius 2 is 1.78 bits per heavy atom. The molecule has 0 saturated carbocycles. The minimum Gasteiger partial charge on any atom is -0.248 e. The highest BCUT2D eigenvalue weighted by molar-refractivity contribution is 14.1. The SMILES string of the molecule is CCCCN(I)CCC. The van der Waals surface area contributed by atoms with Crippen LogP contribution in [0.3, 0.4) is 0 Å². The summed E-state index contributed by atoms with van der Waals surface area (Å²) in [6.45, 7) is 6.94. The zero-order valence-corrected chi connectivity index (χ0v) is 8.52. The number of unbranched alkanes of at least 4 members (excludes halogenated alkanes) is 1. The van der Waals surface area contributed by atoms with Crippen LogP contribution < -0.4 is 0 Å². The zero-order valence-electron chi connectivity index (χ0n) is 6.36. The first kappa shape index (κ1) is 9.69. The van der Waals surface area contributed by atoms with Gasteiger partial charge in [0.1, 0.15) is 0 Å². The van der Waals surface area contributed by atoms with E-state index in [9.17, 15) is 0 Å². The molecule has 1 nitrogen and oxygen atoms in total. The lowest BCUT2D eigenvalue weighted by atomic mass is 10.3. The molecule has 0 atom stereocenters. The maximum Gasteiger partial charge on any atom is 0.0201 e. The smallest absolute Gasteiger partial charge is 0.0201 e. The maximum atomic E-state index is 2.40. The molecule has 0 aliphatic carbocycles. The Morgan fingerprint density at radius 1 is 1.11 bits per heavy atom. The Hall–Kier alpha value is 0.690. The Labute approximate surface area is 72.3 Å². The third-order valence-electron chi connectivity index (χ3n) is 1.22. The van der Waals surface area contributed by atoms with Gasteiger partial charge in [-0.15, -0.1) is 0 Å². The van der Waals surface area contributed by atoms with Gasteiger partial charge in [-0.1, -0.05) is 20.3 Å².